The number of hydrogen-bond acceptors (Lipinski definition) is 5. The lowest BCUT2D eigenvalue weighted by molar-refractivity contribution is 0.424. The molecule has 2 heterocycles. The minimum Gasteiger partial charge on any atom is -0.280 e. The zero-order valence-corrected chi connectivity index (χ0v) is 18.0. The average molecular weight is 427 g/mol. The number of aryl methyl sites for hydroxylation is 2. The Labute approximate surface area is 166 Å². The lowest BCUT2D eigenvalue weighted by atomic mass is 10.2. The first-order chi connectivity index (χ1) is 13.1. The molecule has 0 bridgehead atoms. The van der Waals surface area contributed by atoms with Crippen LogP contribution in [-0.4, -0.2) is 44.0 Å². The summed E-state index contributed by atoms with van der Waals surface area (Å²) in [6.07, 6.45) is 3.81. The Morgan fingerprint density at radius 2 is 1.50 bits per heavy atom. The first kappa shape index (κ1) is 20.8. The van der Waals surface area contributed by atoms with E-state index in [1.807, 2.05) is 0 Å². The molecule has 0 radical (unpaired) electrons. The second kappa shape index (κ2) is 7.84. The first-order valence-corrected chi connectivity index (χ1v) is 12.2. The number of nitrogens with one attached hydrogen (secondary N) is 1. The SMILES string of the molecule is Cc1nn(C)c(C)c1S(=O)(=O)Nc1ccc(S(=O)(=O)N2CCCCCC2)cc1. The van der Waals surface area contributed by atoms with Crippen molar-refractivity contribution in [2.24, 2.45) is 7.05 Å². The molecule has 1 aliphatic rings. The lowest BCUT2D eigenvalue weighted by Gasteiger charge is -2.20. The summed E-state index contributed by atoms with van der Waals surface area (Å²) in [6.45, 7) is 4.37. The van der Waals surface area contributed by atoms with E-state index in [1.54, 1.807) is 20.9 Å². The number of hydrogen-bond donors (Lipinski definition) is 1. The molecular formula is C18H26N4O4S2. The van der Waals surface area contributed by atoms with Crippen molar-refractivity contribution in [1.29, 1.82) is 0 Å². The summed E-state index contributed by atoms with van der Waals surface area (Å²) in [6, 6.07) is 5.84. The van der Waals surface area contributed by atoms with Crippen LogP contribution in [-0.2, 0) is 27.1 Å². The fourth-order valence-electron chi connectivity index (χ4n) is 3.48. The minimum atomic E-state index is -3.82. The third-order valence-electron chi connectivity index (χ3n) is 5.02. The van der Waals surface area contributed by atoms with Gasteiger partial charge >= 0.3 is 0 Å². The Balaban J connectivity index is 1.82. The van der Waals surface area contributed by atoms with E-state index in [1.165, 1.54) is 33.3 Å². The molecule has 0 atom stereocenters. The maximum atomic E-state index is 12.8. The number of benzene rings is 1. The summed E-state index contributed by atoms with van der Waals surface area (Å²) in [5, 5.41) is 4.14. The highest BCUT2D eigenvalue weighted by molar-refractivity contribution is 7.92. The molecule has 1 fully saturated rings. The van der Waals surface area contributed by atoms with Crippen LogP contribution in [0.2, 0.25) is 0 Å². The van der Waals surface area contributed by atoms with Crippen molar-refractivity contribution in [1.82, 2.24) is 14.1 Å². The van der Waals surface area contributed by atoms with Gasteiger partial charge in [-0.3, -0.25) is 9.40 Å². The molecule has 0 amide bonds. The molecule has 8 nitrogen and oxygen atoms in total. The Kier molecular flexibility index (Phi) is 5.83. The van der Waals surface area contributed by atoms with E-state index in [2.05, 4.69) is 9.82 Å². The average Bonchev–Trinajstić information content (AvgIpc) is 2.82. The molecule has 2 aromatic rings. The van der Waals surface area contributed by atoms with Gasteiger partial charge in [0, 0.05) is 25.8 Å². The van der Waals surface area contributed by atoms with Crippen LogP contribution in [0.3, 0.4) is 0 Å². The van der Waals surface area contributed by atoms with Gasteiger partial charge < -0.3 is 0 Å². The van der Waals surface area contributed by atoms with Gasteiger partial charge in [0.1, 0.15) is 4.90 Å². The van der Waals surface area contributed by atoms with Crippen molar-refractivity contribution in [2.45, 2.75) is 49.3 Å². The fourth-order valence-corrected chi connectivity index (χ4v) is 6.49. The summed E-state index contributed by atoms with van der Waals surface area (Å²) in [7, 11) is -5.70. The van der Waals surface area contributed by atoms with Crippen molar-refractivity contribution < 1.29 is 16.8 Å². The third kappa shape index (κ3) is 4.08. The van der Waals surface area contributed by atoms with E-state index in [4.69, 9.17) is 0 Å². The van der Waals surface area contributed by atoms with Crippen LogP contribution in [0.1, 0.15) is 37.1 Å². The van der Waals surface area contributed by atoms with Gasteiger partial charge in [-0.2, -0.15) is 9.40 Å². The van der Waals surface area contributed by atoms with Gasteiger partial charge in [-0.05, 0) is 51.0 Å². The highest BCUT2D eigenvalue weighted by Crippen LogP contribution is 2.25. The maximum absolute atomic E-state index is 12.8. The number of aromatic nitrogens is 2. The minimum absolute atomic E-state index is 0.135. The molecule has 0 spiro atoms. The number of anilines is 1. The monoisotopic (exact) mass is 426 g/mol. The zero-order chi connectivity index (χ0) is 20.5. The van der Waals surface area contributed by atoms with Crippen molar-refractivity contribution in [3.63, 3.8) is 0 Å². The standard InChI is InChI=1S/C18H26N4O4S2/c1-14-18(15(2)21(3)19-14)27(23,24)20-16-8-10-17(11-9-16)28(25,26)22-12-6-4-5-7-13-22/h8-11,20H,4-7,12-13H2,1-3H3. The van der Waals surface area contributed by atoms with Crippen LogP contribution in [0.5, 0.6) is 0 Å². The Morgan fingerprint density at radius 1 is 0.929 bits per heavy atom. The van der Waals surface area contributed by atoms with Gasteiger partial charge in [-0.25, -0.2) is 16.8 Å². The summed E-state index contributed by atoms with van der Waals surface area (Å²) in [5.74, 6) is 0. The Bertz CT molecular complexity index is 1050. The highest BCUT2D eigenvalue weighted by Gasteiger charge is 2.26. The molecule has 28 heavy (non-hydrogen) atoms. The smallest absolute Gasteiger partial charge is 0.265 e. The fraction of sp³-hybridized carbons (Fsp3) is 0.500. The van der Waals surface area contributed by atoms with Crippen LogP contribution < -0.4 is 4.72 Å². The van der Waals surface area contributed by atoms with Gasteiger partial charge in [0.05, 0.1) is 16.3 Å². The molecule has 154 valence electrons. The third-order valence-corrected chi connectivity index (χ3v) is 8.57. The van der Waals surface area contributed by atoms with Crippen LogP contribution in [0.15, 0.2) is 34.1 Å². The topological polar surface area (TPSA) is 101 Å². The Hall–Kier alpha value is -1.91. The molecule has 1 aromatic carbocycles. The molecule has 0 unspecified atom stereocenters. The van der Waals surface area contributed by atoms with Gasteiger partial charge in [-0.1, -0.05) is 12.8 Å². The molecule has 1 aliphatic heterocycles. The van der Waals surface area contributed by atoms with Crippen molar-refractivity contribution >= 4 is 25.7 Å². The van der Waals surface area contributed by atoms with Crippen molar-refractivity contribution in [2.75, 3.05) is 17.8 Å². The maximum Gasteiger partial charge on any atom is 0.265 e. The second-order valence-electron chi connectivity index (χ2n) is 7.07. The summed E-state index contributed by atoms with van der Waals surface area (Å²) >= 11 is 0. The van der Waals surface area contributed by atoms with Crippen LogP contribution in [0.4, 0.5) is 5.69 Å². The lowest BCUT2D eigenvalue weighted by Crippen LogP contribution is -2.31. The quantitative estimate of drug-likeness (QED) is 0.791. The van der Waals surface area contributed by atoms with Gasteiger partial charge in [-0.15, -0.1) is 0 Å². The summed E-state index contributed by atoms with van der Waals surface area (Å²) in [4.78, 5) is 0.308. The molecule has 1 saturated heterocycles. The summed E-state index contributed by atoms with van der Waals surface area (Å²) in [5.41, 5.74) is 1.25. The molecule has 0 saturated carbocycles. The normalized spacial score (nSPS) is 16.7. The molecule has 10 heteroatoms. The van der Waals surface area contributed by atoms with Crippen molar-refractivity contribution in [3.05, 3.63) is 35.7 Å². The van der Waals surface area contributed by atoms with Crippen LogP contribution in [0.25, 0.3) is 0 Å². The molecule has 1 N–H and O–H groups in total. The number of sulfonamides is 2. The highest BCUT2D eigenvalue weighted by atomic mass is 32.2. The van der Waals surface area contributed by atoms with Gasteiger partial charge in [0.25, 0.3) is 10.0 Å². The van der Waals surface area contributed by atoms with Crippen LogP contribution >= 0.6 is 0 Å². The second-order valence-corrected chi connectivity index (χ2v) is 10.6. The predicted octanol–water partition coefficient (Wildman–Crippen LogP) is 2.40. The molecular weight excluding hydrogens is 400 g/mol. The predicted molar refractivity (Wildman–Crippen MR) is 107 cm³/mol. The first-order valence-electron chi connectivity index (χ1n) is 9.26. The Morgan fingerprint density at radius 3 is 2.00 bits per heavy atom. The van der Waals surface area contributed by atoms with Crippen LogP contribution in [0, 0.1) is 13.8 Å². The largest absolute Gasteiger partial charge is 0.280 e. The van der Waals surface area contributed by atoms with E-state index < -0.39 is 20.0 Å². The van der Waals surface area contributed by atoms with E-state index in [0.717, 1.165) is 25.7 Å². The van der Waals surface area contributed by atoms with Gasteiger partial charge in [0.2, 0.25) is 10.0 Å². The molecule has 0 aliphatic carbocycles. The zero-order valence-electron chi connectivity index (χ0n) is 16.3. The number of nitrogens with zero attached hydrogens (tertiary/aromatic N) is 3. The van der Waals surface area contributed by atoms with E-state index >= 15 is 0 Å². The van der Waals surface area contributed by atoms with E-state index in [-0.39, 0.29) is 9.79 Å². The van der Waals surface area contributed by atoms with E-state index in [9.17, 15) is 16.8 Å². The van der Waals surface area contributed by atoms with E-state index in [0.29, 0.717) is 30.2 Å². The van der Waals surface area contributed by atoms with Crippen molar-refractivity contribution in [3.8, 4) is 0 Å². The van der Waals surface area contributed by atoms with Gasteiger partial charge in [0.15, 0.2) is 0 Å². The number of rotatable bonds is 5. The summed E-state index contributed by atoms with van der Waals surface area (Å²) < 4.78 is 56.7. The molecule has 1 aromatic heterocycles. The molecule has 3 rings (SSSR count).